The van der Waals surface area contributed by atoms with Crippen molar-refractivity contribution >= 4 is 5.78 Å². The van der Waals surface area contributed by atoms with Crippen LogP contribution < -0.4 is 0 Å². The predicted molar refractivity (Wildman–Crippen MR) is 52.1 cm³/mol. The summed E-state index contributed by atoms with van der Waals surface area (Å²) < 4.78 is 5.57. The van der Waals surface area contributed by atoms with Crippen molar-refractivity contribution in [1.82, 2.24) is 4.90 Å². The Kier molecular flexibility index (Phi) is 2.10. The number of ketones is 1. The monoisotopic (exact) mass is 195 g/mol. The van der Waals surface area contributed by atoms with Crippen LogP contribution in [0.4, 0.5) is 0 Å². The number of morpholine rings is 1. The fraction of sp³-hybridized carbons (Fsp3) is 0.909. The van der Waals surface area contributed by atoms with Crippen molar-refractivity contribution < 1.29 is 9.53 Å². The molecule has 3 heteroatoms. The van der Waals surface area contributed by atoms with E-state index >= 15 is 0 Å². The molecule has 3 nitrogen and oxygen atoms in total. The summed E-state index contributed by atoms with van der Waals surface area (Å²) in [6, 6.07) is 1.16. The van der Waals surface area contributed by atoms with Gasteiger partial charge in [-0.25, -0.2) is 0 Å². The molecule has 3 rings (SSSR count). The van der Waals surface area contributed by atoms with E-state index in [1.807, 2.05) is 0 Å². The van der Waals surface area contributed by atoms with E-state index in [0.717, 1.165) is 32.4 Å². The number of carbonyl (C=O) groups excluding carboxylic acids is 1. The van der Waals surface area contributed by atoms with Gasteiger partial charge in [-0.15, -0.1) is 0 Å². The molecule has 0 radical (unpaired) electrons. The van der Waals surface area contributed by atoms with Gasteiger partial charge in [0.1, 0.15) is 5.78 Å². The number of hydrogen-bond donors (Lipinski definition) is 0. The van der Waals surface area contributed by atoms with Crippen LogP contribution in [0.25, 0.3) is 0 Å². The Morgan fingerprint density at radius 3 is 2.93 bits per heavy atom. The van der Waals surface area contributed by atoms with Crippen molar-refractivity contribution in [3.05, 3.63) is 0 Å². The molecule has 2 bridgehead atoms. The van der Waals surface area contributed by atoms with Gasteiger partial charge in [0.15, 0.2) is 0 Å². The zero-order valence-corrected chi connectivity index (χ0v) is 8.45. The van der Waals surface area contributed by atoms with Crippen LogP contribution in [0.5, 0.6) is 0 Å². The molecule has 3 atom stereocenters. The lowest BCUT2D eigenvalue weighted by atomic mass is 9.92. The highest BCUT2D eigenvalue weighted by Crippen LogP contribution is 2.33. The number of likely N-dealkylation sites (tertiary alicyclic amines) is 1. The first-order valence-electron chi connectivity index (χ1n) is 5.72. The van der Waals surface area contributed by atoms with Crippen LogP contribution in [0, 0.1) is 0 Å². The molecule has 2 saturated heterocycles. The summed E-state index contributed by atoms with van der Waals surface area (Å²) in [6.45, 7) is 1.97. The third-order valence-corrected chi connectivity index (χ3v) is 3.87. The van der Waals surface area contributed by atoms with Gasteiger partial charge in [-0.1, -0.05) is 0 Å². The molecule has 0 aromatic rings. The van der Waals surface area contributed by atoms with Crippen molar-refractivity contribution in [2.75, 3.05) is 13.2 Å². The predicted octanol–water partition coefficient (Wildman–Crippen LogP) is 0.971. The largest absolute Gasteiger partial charge is 0.375 e. The quantitative estimate of drug-likeness (QED) is 0.624. The minimum absolute atomic E-state index is 0.463. The van der Waals surface area contributed by atoms with Gasteiger partial charge in [0.05, 0.1) is 12.7 Å². The van der Waals surface area contributed by atoms with Gasteiger partial charge in [-0.3, -0.25) is 9.69 Å². The SMILES string of the molecule is O=C1CCCC(N2CC3CC2CO3)C1. The van der Waals surface area contributed by atoms with Gasteiger partial charge in [-0.2, -0.15) is 0 Å². The third kappa shape index (κ3) is 1.39. The van der Waals surface area contributed by atoms with E-state index in [1.54, 1.807) is 0 Å². The van der Waals surface area contributed by atoms with Crippen LogP contribution >= 0.6 is 0 Å². The number of carbonyl (C=O) groups is 1. The van der Waals surface area contributed by atoms with E-state index in [2.05, 4.69) is 4.90 Å². The summed E-state index contributed by atoms with van der Waals surface area (Å²) in [6.07, 6.45) is 5.59. The zero-order chi connectivity index (χ0) is 9.54. The fourth-order valence-electron chi connectivity index (χ4n) is 3.16. The number of fused-ring (bicyclic) bond motifs is 2. The molecule has 0 spiro atoms. The molecule has 3 aliphatic rings. The Hall–Kier alpha value is -0.410. The standard InChI is InChI=1S/C11H17NO2/c13-10-3-1-2-8(4-10)12-6-11-5-9(12)7-14-11/h8-9,11H,1-7H2. The molecule has 3 unspecified atom stereocenters. The van der Waals surface area contributed by atoms with Crippen molar-refractivity contribution in [1.29, 1.82) is 0 Å². The van der Waals surface area contributed by atoms with Gasteiger partial charge in [0, 0.05) is 31.5 Å². The average molecular weight is 195 g/mol. The molecule has 0 aromatic carbocycles. The smallest absolute Gasteiger partial charge is 0.134 e. The molecule has 1 aliphatic carbocycles. The van der Waals surface area contributed by atoms with Gasteiger partial charge in [-0.05, 0) is 19.3 Å². The summed E-state index contributed by atoms with van der Waals surface area (Å²) in [4.78, 5) is 13.9. The number of nitrogens with zero attached hydrogens (tertiary/aromatic N) is 1. The van der Waals surface area contributed by atoms with Crippen LogP contribution in [-0.2, 0) is 9.53 Å². The lowest BCUT2D eigenvalue weighted by Crippen LogP contribution is -2.46. The van der Waals surface area contributed by atoms with E-state index in [4.69, 9.17) is 4.74 Å². The Labute approximate surface area is 84.4 Å². The van der Waals surface area contributed by atoms with E-state index in [1.165, 1.54) is 12.8 Å². The number of rotatable bonds is 1. The first-order chi connectivity index (χ1) is 6.83. The topological polar surface area (TPSA) is 29.5 Å². The maximum Gasteiger partial charge on any atom is 0.134 e. The van der Waals surface area contributed by atoms with Crippen molar-refractivity contribution in [3.8, 4) is 0 Å². The van der Waals surface area contributed by atoms with Crippen LogP contribution in [-0.4, -0.2) is 42.0 Å². The minimum atomic E-state index is 0.463. The van der Waals surface area contributed by atoms with E-state index < -0.39 is 0 Å². The molecule has 3 fully saturated rings. The lowest BCUT2D eigenvalue weighted by Gasteiger charge is -2.36. The van der Waals surface area contributed by atoms with Crippen LogP contribution in [0.2, 0.25) is 0 Å². The summed E-state index contributed by atoms with van der Waals surface area (Å²) in [5, 5.41) is 0. The van der Waals surface area contributed by atoms with Crippen molar-refractivity contribution in [3.63, 3.8) is 0 Å². The molecular weight excluding hydrogens is 178 g/mol. The highest BCUT2D eigenvalue weighted by atomic mass is 16.5. The van der Waals surface area contributed by atoms with Gasteiger partial charge in [0.2, 0.25) is 0 Å². The zero-order valence-electron chi connectivity index (χ0n) is 8.45. The average Bonchev–Trinajstić information content (AvgIpc) is 2.78. The summed E-state index contributed by atoms with van der Waals surface area (Å²) in [5.41, 5.74) is 0. The summed E-state index contributed by atoms with van der Waals surface area (Å²) in [7, 11) is 0. The number of ether oxygens (including phenoxy) is 1. The van der Waals surface area contributed by atoms with Crippen LogP contribution in [0.1, 0.15) is 32.1 Å². The normalized spacial score (nSPS) is 43.4. The molecule has 14 heavy (non-hydrogen) atoms. The van der Waals surface area contributed by atoms with Crippen LogP contribution in [0.15, 0.2) is 0 Å². The van der Waals surface area contributed by atoms with Gasteiger partial charge in [0.25, 0.3) is 0 Å². The highest BCUT2D eigenvalue weighted by molar-refractivity contribution is 5.79. The molecule has 0 amide bonds. The van der Waals surface area contributed by atoms with Crippen molar-refractivity contribution in [2.45, 2.75) is 50.3 Å². The van der Waals surface area contributed by atoms with E-state index in [-0.39, 0.29) is 0 Å². The molecule has 78 valence electrons. The molecule has 1 saturated carbocycles. The number of hydrogen-bond acceptors (Lipinski definition) is 3. The second-order valence-corrected chi connectivity index (χ2v) is 4.83. The Morgan fingerprint density at radius 1 is 1.36 bits per heavy atom. The Balaban J connectivity index is 1.67. The van der Waals surface area contributed by atoms with Crippen molar-refractivity contribution in [2.24, 2.45) is 0 Å². The minimum Gasteiger partial charge on any atom is -0.375 e. The molecule has 0 N–H and O–H groups in total. The maximum absolute atomic E-state index is 11.4. The van der Waals surface area contributed by atoms with E-state index in [9.17, 15) is 4.79 Å². The molecule has 2 heterocycles. The fourth-order valence-corrected chi connectivity index (χ4v) is 3.16. The third-order valence-electron chi connectivity index (χ3n) is 3.87. The molecule has 2 aliphatic heterocycles. The Bertz CT molecular complexity index is 254. The Morgan fingerprint density at radius 2 is 2.29 bits per heavy atom. The number of Topliss-reactive ketones (excluding diaryl/α,β-unsaturated/α-hetero) is 1. The van der Waals surface area contributed by atoms with Gasteiger partial charge >= 0.3 is 0 Å². The first kappa shape index (κ1) is 8.86. The maximum atomic E-state index is 11.4. The summed E-state index contributed by atoms with van der Waals surface area (Å²) in [5.74, 6) is 0.463. The molecule has 0 aromatic heterocycles. The van der Waals surface area contributed by atoms with E-state index in [0.29, 0.717) is 24.0 Å². The van der Waals surface area contributed by atoms with Gasteiger partial charge < -0.3 is 4.74 Å². The summed E-state index contributed by atoms with van der Waals surface area (Å²) >= 11 is 0. The second kappa shape index (κ2) is 3.31. The second-order valence-electron chi connectivity index (χ2n) is 4.83. The lowest BCUT2D eigenvalue weighted by molar-refractivity contribution is -0.122. The molecular formula is C11H17NO2. The first-order valence-corrected chi connectivity index (χ1v) is 5.72. The van der Waals surface area contributed by atoms with Crippen LogP contribution in [0.3, 0.4) is 0 Å². The highest BCUT2D eigenvalue weighted by Gasteiger charge is 2.42.